The Bertz CT molecular complexity index is 897. The summed E-state index contributed by atoms with van der Waals surface area (Å²) in [6, 6.07) is 11.1. The van der Waals surface area contributed by atoms with E-state index in [1.54, 1.807) is 6.07 Å². The molecule has 2 aromatic rings. The Labute approximate surface area is 179 Å². The Hall–Kier alpha value is -3.02. The van der Waals surface area contributed by atoms with Crippen LogP contribution in [0.15, 0.2) is 36.4 Å². The minimum Gasteiger partial charge on any atom is -0.371 e. The molecule has 6 nitrogen and oxygen atoms in total. The number of carbonyl (C=O) groups is 2. The second-order valence-corrected chi connectivity index (χ2v) is 8.38. The number of urea groups is 1. The van der Waals surface area contributed by atoms with Gasteiger partial charge in [0.05, 0.1) is 5.56 Å². The van der Waals surface area contributed by atoms with Gasteiger partial charge in [0.2, 0.25) is 0 Å². The van der Waals surface area contributed by atoms with Crippen molar-refractivity contribution in [2.24, 2.45) is 5.92 Å². The number of hydrogen-bond acceptors (Lipinski definition) is 3. The number of amides is 3. The van der Waals surface area contributed by atoms with Crippen molar-refractivity contribution >= 4 is 29.0 Å². The average Bonchev–Trinajstić information content (AvgIpc) is 3.23. The van der Waals surface area contributed by atoms with Crippen LogP contribution < -0.4 is 20.9 Å². The molecule has 0 saturated carbocycles. The first-order valence-electron chi connectivity index (χ1n) is 10.7. The van der Waals surface area contributed by atoms with Gasteiger partial charge in [0, 0.05) is 36.7 Å². The Morgan fingerprint density at radius 3 is 2.30 bits per heavy atom. The van der Waals surface area contributed by atoms with Crippen LogP contribution in [-0.2, 0) is 0 Å². The quantitative estimate of drug-likeness (QED) is 0.634. The molecule has 3 amide bonds. The smallest absolute Gasteiger partial charge is 0.323 e. The lowest BCUT2D eigenvalue weighted by Crippen LogP contribution is -2.30. The minimum absolute atomic E-state index is 0.107. The summed E-state index contributed by atoms with van der Waals surface area (Å²) in [6.45, 7) is 10.6. The van der Waals surface area contributed by atoms with Gasteiger partial charge in [-0.3, -0.25) is 4.79 Å². The lowest BCUT2D eigenvalue weighted by Gasteiger charge is -2.22. The van der Waals surface area contributed by atoms with Crippen molar-refractivity contribution in [1.29, 1.82) is 0 Å². The summed E-state index contributed by atoms with van der Waals surface area (Å²) in [5.74, 6) is 0.262. The van der Waals surface area contributed by atoms with Crippen LogP contribution in [0, 0.1) is 19.8 Å². The van der Waals surface area contributed by atoms with Gasteiger partial charge in [-0.25, -0.2) is 4.79 Å². The highest BCUT2D eigenvalue weighted by molar-refractivity contribution is 6.04. The molecule has 30 heavy (non-hydrogen) atoms. The predicted octanol–water partition coefficient (Wildman–Crippen LogP) is 4.93. The number of anilines is 3. The van der Waals surface area contributed by atoms with E-state index in [2.05, 4.69) is 34.7 Å². The number of hydrogen-bond donors (Lipinski definition) is 3. The molecule has 0 radical (unpaired) electrons. The summed E-state index contributed by atoms with van der Waals surface area (Å²) in [5, 5.41) is 8.80. The Kier molecular flexibility index (Phi) is 6.98. The van der Waals surface area contributed by atoms with E-state index >= 15 is 0 Å². The zero-order valence-corrected chi connectivity index (χ0v) is 18.3. The summed E-state index contributed by atoms with van der Waals surface area (Å²) in [7, 11) is 0. The molecule has 0 aliphatic carbocycles. The number of aryl methyl sites for hydroxylation is 2. The fourth-order valence-corrected chi connectivity index (χ4v) is 3.71. The van der Waals surface area contributed by atoms with E-state index in [1.165, 1.54) is 0 Å². The van der Waals surface area contributed by atoms with Gasteiger partial charge in [-0.15, -0.1) is 0 Å². The molecule has 6 heteroatoms. The van der Waals surface area contributed by atoms with Crippen molar-refractivity contribution in [1.82, 2.24) is 5.32 Å². The third-order valence-electron chi connectivity index (χ3n) is 5.34. The van der Waals surface area contributed by atoms with E-state index in [0.717, 1.165) is 48.4 Å². The summed E-state index contributed by atoms with van der Waals surface area (Å²) in [5.41, 5.74) is 4.93. The monoisotopic (exact) mass is 408 g/mol. The first-order valence-corrected chi connectivity index (χ1v) is 10.7. The Morgan fingerprint density at radius 1 is 1.00 bits per heavy atom. The summed E-state index contributed by atoms with van der Waals surface area (Å²) < 4.78 is 0. The van der Waals surface area contributed by atoms with E-state index in [-0.39, 0.29) is 11.9 Å². The molecule has 0 spiro atoms. The van der Waals surface area contributed by atoms with Crippen LogP contribution >= 0.6 is 0 Å². The highest BCUT2D eigenvalue weighted by Crippen LogP contribution is 2.28. The average molecular weight is 409 g/mol. The molecular weight excluding hydrogens is 376 g/mol. The van der Waals surface area contributed by atoms with E-state index in [0.29, 0.717) is 23.7 Å². The number of carbonyl (C=O) groups excluding carboxylic acids is 2. The van der Waals surface area contributed by atoms with Crippen LogP contribution in [-0.4, -0.2) is 31.6 Å². The lowest BCUT2D eigenvalue weighted by atomic mass is 10.1. The van der Waals surface area contributed by atoms with Crippen LogP contribution in [0.3, 0.4) is 0 Å². The highest BCUT2D eigenvalue weighted by Gasteiger charge is 2.20. The van der Waals surface area contributed by atoms with Crippen LogP contribution in [0.5, 0.6) is 0 Å². The molecule has 160 valence electrons. The fraction of sp³-hybridized carbons (Fsp3) is 0.417. The van der Waals surface area contributed by atoms with Gasteiger partial charge in [0.15, 0.2) is 0 Å². The molecule has 3 N–H and O–H groups in total. The van der Waals surface area contributed by atoms with Gasteiger partial charge in [0.25, 0.3) is 5.91 Å². The van der Waals surface area contributed by atoms with Gasteiger partial charge in [-0.1, -0.05) is 32.0 Å². The minimum atomic E-state index is -0.324. The van der Waals surface area contributed by atoms with E-state index < -0.39 is 0 Å². The van der Waals surface area contributed by atoms with Crippen LogP contribution in [0.25, 0.3) is 0 Å². The molecule has 2 aromatic carbocycles. The molecule has 1 aliphatic rings. The van der Waals surface area contributed by atoms with Crippen molar-refractivity contribution in [3.05, 3.63) is 53.1 Å². The molecule has 0 unspecified atom stereocenters. The highest BCUT2D eigenvalue weighted by atomic mass is 16.2. The van der Waals surface area contributed by atoms with Crippen molar-refractivity contribution in [3.8, 4) is 0 Å². The van der Waals surface area contributed by atoms with E-state index in [4.69, 9.17) is 0 Å². The van der Waals surface area contributed by atoms with Crippen LogP contribution in [0.2, 0.25) is 0 Å². The molecule has 0 bridgehead atoms. The summed E-state index contributed by atoms with van der Waals surface area (Å²) >= 11 is 0. The molecular formula is C24H32N4O2. The summed E-state index contributed by atoms with van der Waals surface area (Å²) in [6.07, 6.45) is 2.26. The first-order chi connectivity index (χ1) is 14.3. The largest absolute Gasteiger partial charge is 0.371 e. The zero-order valence-electron chi connectivity index (χ0n) is 18.3. The number of para-hydroxylation sites is 1. The van der Waals surface area contributed by atoms with Gasteiger partial charge < -0.3 is 20.9 Å². The first kappa shape index (κ1) is 21.7. The maximum atomic E-state index is 12.9. The van der Waals surface area contributed by atoms with E-state index in [1.807, 2.05) is 44.2 Å². The lowest BCUT2D eigenvalue weighted by molar-refractivity contribution is 0.0949. The van der Waals surface area contributed by atoms with Gasteiger partial charge in [-0.2, -0.15) is 0 Å². The second kappa shape index (κ2) is 9.65. The molecule has 1 aliphatic heterocycles. The molecule has 0 atom stereocenters. The van der Waals surface area contributed by atoms with Crippen LogP contribution in [0.4, 0.5) is 21.9 Å². The standard InChI is InChI=1S/C24H32N4O2/c1-16(2)15-25-23(29)20-14-19(10-11-21(20)28-12-5-6-13-28)26-24(30)27-22-17(3)8-7-9-18(22)4/h7-11,14,16H,5-6,12-13,15H2,1-4H3,(H,25,29)(H2,26,27,30). The van der Waals surface area contributed by atoms with E-state index in [9.17, 15) is 9.59 Å². The summed E-state index contributed by atoms with van der Waals surface area (Å²) in [4.78, 5) is 27.7. The number of benzene rings is 2. The predicted molar refractivity (Wildman–Crippen MR) is 124 cm³/mol. The van der Waals surface area contributed by atoms with Gasteiger partial charge in [-0.05, 0) is 61.9 Å². The SMILES string of the molecule is Cc1cccc(C)c1NC(=O)Nc1ccc(N2CCCC2)c(C(=O)NCC(C)C)c1. The number of nitrogens with one attached hydrogen (secondary N) is 3. The number of rotatable bonds is 6. The van der Waals surface area contributed by atoms with Crippen molar-refractivity contribution in [3.63, 3.8) is 0 Å². The maximum absolute atomic E-state index is 12.9. The fourth-order valence-electron chi connectivity index (χ4n) is 3.71. The van der Waals surface area contributed by atoms with Gasteiger partial charge in [0.1, 0.15) is 0 Å². The third kappa shape index (κ3) is 5.32. The maximum Gasteiger partial charge on any atom is 0.323 e. The van der Waals surface area contributed by atoms with Crippen LogP contribution in [0.1, 0.15) is 48.2 Å². The normalized spacial score (nSPS) is 13.4. The molecule has 1 fully saturated rings. The zero-order chi connectivity index (χ0) is 21.7. The van der Waals surface area contributed by atoms with Crippen molar-refractivity contribution in [2.45, 2.75) is 40.5 Å². The Balaban J connectivity index is 1.80. The van der Waals surface area contributed by atoms with Crippen molar-refractivity contribution in [2.75, 3.05) is 35.2 Å². The topological polar surface area (TPSA) is 73.5 Å². The number of nitrogens with zero attached hydrogens (tertiary/aromatic N) is 1. The second-order valence-electron chi connectivity index (χ2n) is 8.38. The molecule has 3 rings (SSSR count). The molecule has 0 aromatic heterocycles. The Morgan fingerprint density at radius 2 is 1.67 bits per heavy atom. The van der Waals surface area contributed by atoms with Crippen molar-refractivity contribution < 1.29 is 9.59 Å². The third-order valence-corrected chi connectivity index (χ3v) is 5.34. The molecule has 1 heterocycles. The van der Waals surface area contributed by atoms with Gasteiger partial charge >= 0.3 is 6.03 Å². The molecule has 1 saturated heterocycles.